The molecule has 0 saturated heterocycles. The Kier molecular flexibility index (Phi) is 7.29. The summed E-state index contributed by atoms with van der Waals surface area (Å²) < 4.78 is 5.01. The number of hydrogen-bond donors (Lipinski definition) is 1. The zero-order chi connectivity index (χ0) is 18.2. The van der Waals surface area contributed by atoms with E-state index in [0.717, 1.165) is 11.1 Å². The minimum Gasteiger partial charge on any atom is -0.456 e. The Balaban J connectivity index is 1.75. The molecule has 2 aromatic carbocycles. The quantitative estimate of drug-likeness (QED) is 0.727. The maximum Gasteiger partial charge on any atom is 0.306 e. The van der Waals surface area contributed by atoms with Gasteiger partial charge in [0.2, 0.25) is 0 Å². The first kappa shape index (κ1) is 19.3. The molecular weight excluding hydrogens is 361 g/mol. The molecular formula is C19H19Cl2NO3. The minimum atomic E-state index is -0.406. The van der Waals surface area contributed by atoms with Gasteiger partial charge in [0.1, 0.15) is 0 Å². The number of ether oxygens (including phenoxy) is 1. The number of aryl methyl sites for hydroxylation is 1. The molecule has 6 heteroatoms. The van der Waals surface area contributed by atoms with Gasteiger partial charge in [-0.2, -0.15) is 0 Å². The van der Waals surface area contributed by atoms with Crippen molar-refractivity contribution < 1.29 is 14.3 Å². The summed E-state index contributed by atoms with van der Waals surface area (Å²) in [6, 6.07) is 14.4. The maximum absolute atomic E-state index is 11.9. The monoisotopic (exact) mass is 379 g/mol. The average molecular weight is 380 g/mol. The van der Waals surface area contributed by atoms with Crippen molar-refractivity contribution in [3.63, 3.8) is 0 Å². The molecule has 0 aromatic heterocycles. The standard InChI is InChI=1S/C19H19Cl2NO3/c1-13(16-9-8-15(20)11-17(16)21)22-18(23)12-25-19(24)10-7-14-5-3-2-4-6-14/h2-6,8-9,11,13H,7,10,12H2,1H3,(H,22,23)/t13-/m0/s1. The van der Waals surface area contributed by atoms with Crippen LogP contribution in [0.5, 0.6) is 0 Å². The Labute approximate surface area is 157 Å². The predicted octanol–water partition coefficient (Wildman–Crippen LogP) is 4.35. The van der Waals surface area contributed by atoms with E-state index >= 15 is 0 Å². The van der Waals surface area contributed by atoms with Gasteiger partial charge in [-0.1, -0.05) is 59.6 Å². The lowest BCUT2D eigenvalue weighted by Gasteiger charge is -2.16. The molecule has 0 bridgehead atoms. The largest absolute Gasteiger partial charge is 0.456 e. The molecule has 0 aliphatic heterocycles. The second-order valence-corrected chi connectivity index (χ2v) is 6.44. The highest BCUT2D eigenvalue weighted by atomic mass is 35.5. The zero-order valence-electron chi connectivity index (χ0n) is 13.8. The van der Waals surface area contributed by atoms with Gasteiger partial charge in [0, 0.05) is 16.5 Å². The molecule has 1 atom stereocenters. The molecule has 0 aliphatic carbocycles. The van der Waals surface area contributed by atoms with Gasteiger partial charge in [-0.15, -0.1) is 0 Å². The van der Waals surface area contributed by atoms with Crippen molar-refractivity contribution in [2.45, 2.75) is 25.8 Å². The van der Waals surface area contributed by atoms with E-state index in [-0.39, 0.29) is 25.0 Å². The van der Waals surface area contributed by atoms with Gasteiger partial charge in [0.25, 0.3) is 5.91 Å². The van der Waals surface area contributed by atoms with Crippen LogP contribution in [0.4, 0.5) is 0 Å². The molecule has 1 N–H and O–H groups in total. The Morgan fingerprint density at radius 3 is 2.52 bits per heavy atom. The average Bonchev–Trinajstić information content (AvgIpc) is 2.59. The van der Waals surface area contributed by atoms with Crippen LogP contribution in [-0.4, -0.2) is 18.5 Å². The topological polar surface area (TPSA) is 55.4 Å². The molecule has 25 heavy (non-hydrogen) atoms. The van der Waals surface area contributed by atoms with E-state index in [4.69, 9.17) is 27.9 Å². The van der Waals surface area contributed by atoms with Crippen LogP contribution < -0.4 is 5.32 Å². The smallest absolute Gasteiger partial charge is 0.306 e. The van der Waals surface area contributed by atoms with Crippen LogP contribution in [0.15, 0.2) is 48.5 Å². The van der Waals surface area contributed by atoms with Crippen LogP contribution in [0.25, 0.3) is 0 Å². The number of halogens is 2. The number of rotatable bonds is 7. The normalized spacial score (nSPS) is 11.6. The van der Waals surface area contributed by atoms with Crippen LogP contribution in [0, 0.1) is 0 Å². The Bertz CT molecular complexity index is 735. The van der Waals surface area contributed by atoms with Crippen molar-refractivity contribution in [3.8, 4) is 0 Å². The van der Waals surface area contributed by atoms with Gasteiger partial charge in [0.05, 0.1) is 6.04 Å². The number of nitrogens with one attached hydrogen (secondary N) is 1. The second kappa shape index (κ2) is 9.44. The molecule has 1 amide bonds. The van der Waals surface area contributed by atoms with E-state index in [9.17, 15) is 9.59 Å². The molecule has 0 saturated carbocycles. The van der Waals surface area contributed by atoms with Crippen LogP contribution >= 0.6 is 23.2 Å². The molecule has 2 rings (SSSR count). The van der Waals surface area contributed by atoms with Crippen LogP contribution in [0.3, 0.4) is 0 Å². The van der Waals surface area contributed by atoms with E-state index < -0.39 is 5.97 Å². The predicted molar refractivity (Wildman–Crippen MR) is 98.7 cm³/mol. The summed E-state index contributed by atoms with van der Waals surface area (Å²) >= 11 is 12.0. The molecule has 0 fully saturated rings. The van der Waals surface area contributed by atoms with E-state index in [1.807, 2.05) is 30.3 Å². The van der Waals surface area contributed by atoms with Crippen LogP contribution in [0.2, 0.25) is 10.0 Å². The summed E-state index contributed by atoms with van der Waals surface area (Å²) in [5.41, 5.74) is 1.80. The summed E-state index contributed by atoms with van der Waals surface area (Å²) in [7, 11) is 0. The number of hydrogen-bond acceptors (Lipinski definition) is 3. The van der Waals surface area contributed by atoms with Crippen molar-refractivity contribution in [1.29, 1.82) is 0 Å². The molecule has 0 heterocycles. The van der Waals surface area contributed by atoms with Crippen molar-refractivity contribution in [3.05, 3.63) is 69.7 Å². The molecule has 0 spiro atoms. The maximum atomic E-state index is 11.9. The lowest BCUT2D eigenvalue weighted by Crippen LogP contribution is -2.31. The van der Waals surface area contributed by atoms with Crippen LogP contribution in [-0.2, 0) is 20.7 Å². The highest BCUT2D eigenvalue weighted by Gasteiger charge is 2.14. The first-order valence-corrected chi connectivity index (χ1v) is 8.65. The van der Waals surface area contributed by atoms with Crippen molar-refractivity contribution >= 4 is 35.1 Å². The fourth-order valence-electron chi connectivity index (χ4n) is 2.32. The lowest BCUT2D eigenvalue weighted by atomic mass is 10.1. The molecule has 0 aliphatic rings. The SMILES string of the molecule is C[C@H](NC(=O)COC(=O)CCc1ccccc1)c1ccc(Cl)cc1Cl. The number of carbonyl (C=O) groups excluding carboxylic acids is 2. The van der Waals surface area contributed by atoms with Gasteiger partial charge < -0.3 is 10.1 Å². The number of amides is 1. The molecule has 0 unspecified atom stereocenters. The molecule has 2 aromatic rings. The van der Waals surface area contributed by atoms with E-state index in [2.05, 4.69) is 5.32 Å². The Morgan fingerprint density at radius 2 is 1.84 bits per heavy atom. The number of benzene rings is 2. The number of carbonyl (C=O) groups is 2. The summed E-state index contributed by atoms with van der Waals surface area (Å²) in [6.07, 6.45) is 0.813. The molecule has 0 radical (unpaired) electrons. The summed E-state index contributed by atoms with van der Waals surface area (Å²) in [5, 5.41) is 3.74. The number of esters is 1. The molecule has 132 valence electrons. The first-order valence-electron chi connectivity index (χ1n) is 7.89. The van der Waals surface area contributed by atoms with Gasteiger partial charge >= 0.3 is 5.97 Å². The third-order valence-electron chi connectivity index (χ3n) is 3.63. The Morgan fingerprint density at radius 1 is 1.12 bits per heavy atom. The highest BCUT2D eigenvalue weighted by molar-refractivity contribution is 6.35. The lowest BCUT2D eigenvalue weighted by molar-refractivity contribution is -0.148. The van der Waals surface area contributed by atoms with Crippen molar-refractivity contribution in [2.24, 2.45) is 0 Å². The summed E-state index contributed by atoms with van der Waals surface area (Å²) in [4.78, 5) is 23.7. The highest BCUT2D eigenvalue weighted by Crippen LogP contribution is 2.25. The third-order valence-corrected chi connectivity index (χ3v) is 4.19. The fraction of sp³-hybridized carbons (Fsp3) is 0.263. The van der Waals surface area contributed by atoms with Gasteiger partial charge in [-0.05, 0) is 36.6 Å². The van der Waals surface area contributed by atoms with Gasteiger partial charge in [-0.3, -0.25) is 9.59 Å². The van der Waals surface area contributed by atoms with E-state index in [1.54, 1.807) is 25.1 Å². The molecule has 4 nitrogen and oxygen atoms in total. The summed E-state index contributed by atoms with van der Waals surface area (Å²) in [5.74, 6) is -0.789. The fourth-order valence-corrected chi connectivity index (χ4v) is 2.90. The van der Waals surface area contributed by atoms with Crippen molar-refractivity contribution in [2.75, 3.05) is 6.61 Å². The van der Waals surface area contributed by atoms with Crippen LogP contribution in [0.1, 0.15) is 30.5 Å². The summed E-state index contributed by atoms with van der Waals surface area (Å²) in [6.45, 7) is 1.48. The first-order chi connectivity index (χ1) is 12.0. The second-order valence-electron chi connectivity index (χ2n) is 5.60. The van der Waals surface area contributed by atoms with E-state index in [1.165, 1.54) is 0 Å². The van der Waals surface area contributed by atoms with Gasteiger partial charge in [0.15, 0.2) is 6.61 Å². The Hall–Kier alpha value is -2.04. The van der Waals surface area contributed by atoms with Crippen molar-refractivity contribution in [1.82, 2.24) is 5.32 Å². The zero-order valence-corrected chi connectivity index (χ0v) is 15.3. The third kappa shape index (κ3) is 6.40. The van der Waals surface area contributed by atoms with E-state index in [0.29, 0.717) is 16.5 Å². The van der Waals surface area contributed by atoms with Gasteiger partial charge in [-0.25, -0.2) is 0 Å². The minimum absolute atomic E-state index is 0.232.